The zero-order valence-corrected chi connectivity index (χ0v) is 19.2. The summed E-state index contributed by atoms with van der Waals surface area (Å²) in [4.78, 5) is 41.2. The van der Waals surface area contributed by atoms with Gasteiger partial charge in [-0.1, -0.05) is 28.1 Å². The van der Waals surface area contributed by atoms with Gasteiger partial charge >= 0.3 is 0 Å². The highest BCUT2D eigenvalue weighted by molar-refractivity contribution is 9.10. The molecule has 6 nitrogen and oxygen atoms in total. The molecule has 1 aromatic heterocycles. The van der Waals surface area contributed by atoms with Gasteiger partial charge in [0.2, 0.25) is 17.7 Å². The van der Waals surface area contributed by atoms with Crippen molar-refractivity contribution in [1.29, 1.82) is 0 Å². The number of hydrogen-bond donors (Lipinski definition) is 1. The van der Waals surface area contributed by atoms with Crippen LogP contribution in [0.4, 0.5) is 0 Å². The summed E-state index contributed by atoms with van der Waals surface area (Å²) in [7, 11) is 0. The van der Waals surface area contributed by atoms with Crippen LogP contribution in [0.25, 0.3) is 16.5 Å². The summed E-state index contributed by atoms with van der Waals surface area (Å²) in [6, 6.07) is 12.1. The van der Waals surface area contributed by atoms with E-state index in [2.05, 4.69) is 21.2 Å². The molecule has 2 aromatic rings. The predicted molar refractivity (Wildman–Crippen MR) is 123 cm³/mol. The molecule has 0 atom stereocenters. The maximum atomic E-state index is 12.2. The molecule has 3 amide bonds. The number of benzene rings is 1. The fourth-order valence-corrected chi connectivity index (χ4v) is 4.33. The Kier molecular flexibility index (Phi) is 7.81. The van der Waals surface area contributed by atoms with Crippen molar-refractivity contribution in [1.82, 2.24) is 15.1 Å². The molecule has 8 heteroatoms. The molecule has 1 fully saturated rings. The molecule has 0 aliphatic carbocycles. The first-order valence-electron chi connectivity index (χ1n) is 9.77. The van der Waals surface area contributed by atoms with E-state index in [1.807, 2.05) is 36.4 Å². The number of nitrogens with one attached hydrogen (secondary N) is 1. The third-order valence-corrected chi connectivity index (χ3v) is 6.50. The van der Waals surface area contributed by atoms with Crippen LogP contribution in [0, 0.1) is 0 Å². The van der Waals surface area contributed by atoms with Crippen LogP contribution in [-0.4, -0.2) is 60.2 Å². The molecule has 0 unspecified atom stereocenters. The van der Waals surface area contributed by atoms with E-state index in [0.717, 1.165) is 19.8 Å². The second-order valence-corrected chi connectivity index (χ2v) is 9.00. The van der Waals surface area contributed by atoms with Gasteiger partial charge in [0.1, 0.15) is 0 Å². The largest absolute Gasteiger partial charge is 0.352 e. The van der Waals surface area contributed by atoms with Crippen LogP contribution in [0.2, 0.25) is 0 Å². The van der Waals surface area contributed by atoms with Gasteiger partial charge in [-0.3, -0.25) is 14.4 Å². The average molecular weight is 490 g/mol. The van der Waals surface area contributed by atoms with E-state index in [-0.39, 0.29) is 24.1 Å². The molecule has 0 spiro atoms. The van der Waals surface area contributed by atoms with Gasteiger partial charge in [-0.05, 0) is 35.9 Å². The fraction of sp³-hybridized carbons (Fsp3) is 0.318. The molecular weight excluding hydrogens is 466 g/mol. The highest BCUT2D eigenvalue weighted by atomic mass is 79.9. The maximum Gasteiger partial charge on any atom is 0.244 e. The molecule has 1 aliphatic heterocycles. The monoisotopic (exact) mass is 489 g/mol. The quantitative estimate of drug-likeness (QED) is 0.632. The normalized spacial score (nSPS) is 14.2. The molecule has 0 saturated carbocycles. The summed E-state index contributed by atoms with van der Waals surface area (Å²) in [5.41, 5.74) is 1.13. The average Bonchev–Trinajstić information content (AvgIpc) is 3.22. The first-order valence-corrected chi connectivity index (χ1v) is 11.4. The fourth-order valence-electron chi connectivity index (χ4n) is 3.15. The van der Waals surface area contributed by atoms with Crippen LogP contribution in [0.5, 0.6) is 0 Å². The molecule has 30 heavy (non-hydrogen) atoms. The summed E-state index contributed by atoms with van der Waals surface area (Å²) >= 11 is 5.05. The topological polar surface area (TPSA) is 69.7 Å². The smallest absolute Gasteiger partial charge is 0.244 e. The Morgan fingerprint density at radius 2 is 1.70 bits per heavy atom. The highest BCUT2D eigenvalue weighted by Gasteiger charge is 2.21. The van der Waals surface area contributed by atoms with Gasteiger partial charge in [0.05, 0.1) is 0 Å². The standard InChI is InChI=1S/C22H24BrN3O3S/c1-16(27)25-12-14-26(15-13-25)22(29)10-11-24-21(28)9-7-19-6-8-20(30-19)17-2-4-18(23)5-3-17/h2-9H,10-15H2,1H3,(H,24,28)/b9-7+. The Bertz CT molecular complexity index is 931. The zero-order chi connectivity index (χ0) is 21.5. The number of rotatable bonds is 6. The highest BCUT2D eigenvalue weighted by Crippen LogP contribution is 2.29. The lowest BCUT2D eigenvalue weighted by Gasteiger charge is -2.34. The summed E-state index contributed by atoms with van der Waals surface area (Å²) in [6.07, 6.45) is 3.53. The van der Waals surface area contributed by atoms with Gasteiger partial charge in [-0.25, -0.2) is 0 Å². The Balaban J connectivity index is 1.40. The number of hydrogen-bond acceptors (Lipinski definition) is 4. The summed E-state index contributed by atoms with van der Waals surface area (Å²) < 4.78 is 1.04. The van der Waals surface area contributed by atoms with E-state index in [1.165, 1.54) is 6.08 Å². The Labute approximate surface area is 188 Å². The van der Waals surface area contributed by atoms with Crippen LogP contribution < -0.4 is 5.32 Å². The predicted octanol–water partition coefficient (Wildman–Crippen LogP) is 3.39. The minimum Gasteiger partial charge on any atom is -0.352 e. The van der Waals surface area contributed by atoms with Crippen molar-refractivity contribution in [3.63, 3.8) is 0 Å². The minimum atomic E-state index is -0.220. The number of carbonyl (C=O) groups is 3. The first-order chi connectivity index (χ1) is 14.4. The van der Waals surface area contributed by atoms with Gasteiger partial charge in [0.15, 0.2) is 0 Å². The van der Waals surface area contributed by atoms with E-state index in [4.69, 9.17) is 0 Å². The molecular formula is C22H24BrN3O3S. The van der Waals surface area contributed by atoms with Gasteiger partial charge < -0.3 is 15.1 Å². The number of carbonyl (C=O) groups excluding carboxylic acids is 3. The van der Waals surface area contributed by atoms with Crippen molar-refractivity contribution in [2.45, 2.75) is 13.3 Å². The molecule has 158 valence electrons. The Morgan fingerprint density at radius 3 is 2.37 bits per heavy atom. The Morgan fingerprint density at radius 1 is 1.03 bits per heavy atom. The zero-order valence-electron chi connectivity index (χ0n) is 16.8. The molecule has 0 bridgehead atoms. The van der Waals surface area contributed by atoms with Crippen molar-refractivity contribution in [3.05, 3.63) is 51.8 Å². The van der Waals surface area contributed by atoms with E-state index in [0.29, 0.717) is 32.7 Å². The van der Waals surface area contributed by atoms with E-state index >= 15 is 0 Å². The van der Waals surface area contributed by atoms with Crippen molar-refractivity contribution in [3.8, 4) is 10.4 Å². The molecule has 1 aliphatic rings. The molecule has 1 saturated heterocycles. The van der Waals surface area contributed by atoms with Crippen LogP contribution in [0.1, 0.15) is 18.2 Å². The lowest BCUT2D eigenvalue weighted by molar-refractivity contribution is -0.138. The third kappa shape index (κ3) is 6.27. The lowest BCUT2D eigenvalue weighted by Crippen LogP contribution is -2.50. The van der Waals surface area contributed by atoms with E-state index < -0.39 is 0 Å². The van der Waals surface area contributed by atoms with E-state index in [1.54, 1.807) is 34.1 Å². The molecule has 2 heterocycles. The minimum absolute atomic E-state index is 0.000113. The molecule has 1 N–H and O–H groups in total. The SMILES string of the molecule is CC(=O)N1CCN(C(=O)CCNC(=O)/C=C/c2ccc(-c3ccc(Br)cc3)s2)CC1. The summed E-state index contributed by atoms with van der Waals surface area (Å²) in [5.74, 6) is -0.182. The molecule has 3 rings (SSSR count). The van der Waals surface area contributed by atoms with Crippen molar-refractivity contribution >= 4 is 51.1 Å². The Hall–Kier alpha value is -2.45. The van der Waals surface area contributed by atoms with E-state index in [9.17, 15) is 14.4 Å². The second kappa shape index (κ2) is 10.5. The number of nitrogens with zero attached hydrogens (tertiary/aromatic N) is 2. The first kappa shape index (κ1) is 22.2. The van der Waals surface area contributed by atoms with Crippen LogP contribution in [0.15, 0.2) is 46.9 Å². The number of amides is 3. The van der Waals surface area contributed by atoms with Gasteiger partial charge in [-0.15, -0.1) is 11.3 Å². The summed E-state index contributed by atoms with van der Waals surface area (Å²) in [5, 5.41) is 2.76. The van der Waals surface area contributed by atoms with Crippen LogP contribution >= 0.6 is 27.3 Å². The lowest BCUT2D eigenvalue weighted by atomic mass is 10.2. The van der Waals surface area contributed by atoms with Crippen LogP contribution in [0.3, 0.4) is 0 Å². The second-order valence-electron chi connectivity index (χ2n) is 6.97. The molecule has 0 radical (unpaired) electrons. The third-order valence-electron chi connectivity index (χ3n) is 4.87. The van der Waals surface area contributed by atoms with Gasteiger partial charge in [0.25, 0.3) is 0 Å². The number of piperazine rings is 1. The van der Waals surface area contributed by atoms with Crippen molar-refractivity contribution in [2.75, 3.05) is 32.7 Å². The maximum absolute atomic E-state index is 12.2. The van der Waals surface area contributed by atoms with Crippen LogP contribution in [-0.2, 0) is 14.4 Å². The van der Waals surface area contributed by atoms with Crippen molar-refractivity contribution < 1.29 is 14.4 Å². The van der Waals surface area contributed by atoms with Gasteiger partial charge in [0, 0.05) is 66.4 Å². The molecule has 1 aromatic carbocycles. The summed E-state index contributed by atoms with van der Waals surface area (Å²) in [6.45, 7) is 4.07. The van der Waals surface area contributed by atoms with Gasteiger partial charge in [-0.2, -0.15) is 0 Å². The number of halogens is 1. The number of thiophene rings is 1. The van der Waals surface area contributed by atoms with Crippen molar-refractivity contribution in [2.24, 2.45) is 0 Å².